The predicted octanol–water partition coefficient (Wildman–Crippen LogP) is 2.72. The third kappa shape index (κ3) is 6.83. The van der Waals surface area contributed by atoms with Gasteiger partial charge in [-0.2, -0.15) is 9.78 Å². The van der Waals surface area contributed by atoms with E-state index in [0.717, 1.165) is 13.1 Å². The summed E-state index contributed by atoms with van der Waals surface area (Å²) >= 11 is 6.19. The Morgan fingerprint density at radius 2 is 2.00 bits per heavy atom. The first-order valence-corrected chi connectivity index (χ1v) is 13.0. The number of carbonyl (C=O) groups is 2. The number of aromatic amines is 1. The topological polar surface area (TPSA) is 169 Å². The molecule has 5 rings (SSSR count). The average molecular weight is 576 g/mol. The molecule has 2 amide bonds. The molecular weight excluding hydrogens is 550 g/mol. The fraction of sp³-hybridized carbons (Fsp3) is 0.222. The molecule has 0 spiro atoms. The maximum atomic E-state index is 13.1. The zero-order chi connectivity index (χ0) is 28.8. The summed E-state index contributed by atoms with van der Waals surface area (Å²) in [6.07, 6.45) is 4.52. The Balaban J connectivity index is 1.38. The average Bonchev–Trinajstić information content (AvgIpc) is 3.49. The first-order chi connectivity index (χ1) is 19.9. The van der Waals surface area contributed by atoms with Crippen molar-refractivity contribution in [2.24, 2.45) is 5.92 Å². The van der Waals surface area contributed by atoms with Gasteiger partial charge in [-0.1, -0.05) is 23.7 Å². The first kappa shape index (κ1) is 27.7. The minimum absolute atomic E-state index is 0.337. The van der Waals surface area contributed by atoms with Crippen LogP contribution in [0, 0.1) is 5.92 Å². The van der Waals surface area contributed by atoms with Gasteiger partial charge in [0.05, 0.1) is 30.1 Å². The summed E-state index contributed by atoms with van der Waals surface area (Å²) in [7, 11) is 1.28. The molecule has 4 N–H and O–H groups in total. The highest BCUT2D eigenvalue weighted by atomic mass is 35.5. The number of anilines is 1. The van der Waals surface area contributed by atoms with Crippen LogP contribution in [-0.2, 0) is 9.53 Å². The highest BCUT2D eigenvalue weighted by Crippen LogP contribution is 2.26. The maximum Gasteiger partial charge on any atom is 0.411 e. The van der Waals surface area contributed by atoms with Crippen LogP contribution < -0.4 is 21.5 Å². The fourth-order valence-corrected chi connectivity index (χ4v) is 4.52. The van der Waals surface area contributed by atoms with E-state index in [9.17, 15) is 14.4 Å². The number of H-pyrrole nitrogens is 1. The molecule has 1 saturated heterocycles. The van der Waals surface area contributed by atoms with Crippen LogP contribution in [0.15, 0.2) is 65.7 Å². The number of methoxy groups -OCH3 is 1. The number of tetrazole rings is 1. The van der Waals surface area contributed by atoms with Gasteiger partial charge < -0.3 is 15.4 Å². The van der Waals surface area contributed by atoms with Crippen molar-refractivity contribution >= 4 is 35.4 Å². The number of halogens is 1. The van der Waals surface area contributed by atoms with Crippen LogP contribution in [-0.4, -0.2) is 62.6 Å². The van der Waals surface area contributed by atoms with Crippen LogP contribution in [0.5, 0.6) is 0 Å². The Morgan fingerprint density at radius 3 is 2.68 bits per heavy atom. The monoisotopic (exact) mass is 575 g/mol. The summed E-state index contributed by atoms with van der Waals surface area (Å²) in [5.41, 5.74) is 2.96. The van der Waals surface area contributed by atoms with E-state index < -0.39 is 12.1 Å². The number of benzene rings is 2. The van der Waals surface area contributed by atoms with Crippen LogP contribution in [0.3, 0.4) is 0 Å². The van der Waals surface area contributed by atoms with Crippen molar-refractivity contribution in [2.45, 2.75) is 12.5 Å². The number of ether oxygens (including phenoxy) is 1. The molecule has 3 heterocycles. The molecule has 41 heavy (non-hydrogen) atoms. The van der Waals surface area contributed by atoms with Gasteiger partial charge in [-0.3, -0.25) is 14.9 Å². The van der Waals surface area contributed by atoms with Gasteiger partial charge in [0.15, 0.2) is 0 Å². The Kier molecular flexibility index (Phi) is 8.46. The highest BCUT2D eigenvalue weighted by Gasteiger charge is 2.25. The van der Waals surface area contributed by atoms with Crippen LogP contribution in [0.25, 0.3) is 22.9 Å². The predicted molar refractivity (Wildman–Crippen MR) is 151 cm³/mol. The van der Waals surface area contributed by atoms with Crippen molar-refractivity contribution in [3.63, 3.8) is 0 Å². The van der Waals surface area contributed by atoms with Gasteiger partial charge in [0, 0.05) is 22.3 Å². The van der Waals surface area contributed by atoms with Crippen molar-refractivity contribution in [1.29, 1.82) is 0 Å². The summed E-state index contributed by atoms with van der Waals surface area (Å²) < 4.78 is 6.08. The molecular formula is C27H26ClN9O4. The van der Waals surface area contributed by atoms with Gasteiger partial charge in [0.1, 0.15) is 6.33 Å². The molecule has 1 aliphatic rings. The molecule has 0 aliphatic carbocycles. The highest BCUT2D eigenvalue weighted by molar-refractivity contribution is 6.30. The Hall–Kier alpha value is -4.88. The number of hydrogen-bond acceptors (Lipinski definition) is 9. The second kappa shape index (κ2) is 12.5. The van der Waals surface area contributed by atoms with Crippen LogP contribution in [0.2, 0.25) is 5.02 Å². The summed E-state index contributed by atoms with van der Waals surface area (Å²) in [4.78, 5) is 37.3. The van der Waals surface area contributed by atoms with E-state index in [-0.39, 0.29) is 11.5 Å². The number of amides is 2. The standard InChI is InChI=1S/C27H26ClN9O4/c1-41-27(40)31-20-6-2-17(3-7-20)21-12-23(33-34-26(21)39)22(10-16-13-29-14-16)32-25(38)9-4-18-11-19(28)5-8-24(18)37-15-30-35-36-37/h2-9,11-12,15-16,22,29H,10,13-14H2,1H3,(H,31,40)(H,32,38)(H,34,39)/b9-4+/t22-/m0/s1. The van der Waals surface area contributed by atoms with E-state index in [1.807, 2.05) is 0 Å². The van der Waals surface area contributed by atoms with Crippen molar-refractivity contribution in [2.75, 3.05) is 25.5 Å². The quantitative estimate of drug-likeness (QED) is 0.219. The lowest BCUT2D eigenvalue weighted by Crippen LogP contribution is -2.44. The first-order valence-electron chi connectivity index (χ1n) is 12.7. The Morgan fingerprint density at radius 1 is 1.20 bits per heavy atom. The summed E-state index contributed by atoms with van der Waals surface area (Å²) in [6.45, 7) is 1.65. The molecule has 2 aromatic carbocycles. The van der Waals surface area contributed by atoms with Gasteiger partial charge in [-0.25, -0.2) is 9.89 Å². The van der Waals surface area contributed by atoms with Crippen molar-refractivity contribution in [3.8, 4) is 16.8 Å². The summed E-state index contributed by atoms with van der Waals surface area (Å²) in [5.74, 6) is -0.0119. The van der Waals surface area contributed by atoms with E-state index in [1.54, 1.807) is 54.6 Å². The van der Waals surface area contributed by atoms with Crippen LogP contribution in [0.1, 0.15) is 23.7 Å². The van der Waals surface area contributed by atoms with Gasteiger partial charge in [-0.15, -0.1) is 5.10 Å². The fourth-order valence-electron chi connectivity index (χ4n) is 4.34. The lowest BCUT2D eigenvalue weighted by Gasteiger charge is -2.30. The summed E-state index contributed by atoms with van der Waals surface area (Å²) in [5, 5.41) is 27.4. The van der Waals surface area contributed by atoms with Gasteiger partial charge in [-0.05, 0) is 83.9 Å². The molecule has 1 atom stereocenters. The van der Waals surface area contributed by atoms with Crippen LogP contribution >= 0.6 is 11.6 Å². The maximum absolute atomic E-state index is 13.1. The number of hydrogen-bond donors (Lipinski definition) is 4. The Labute approximate surface area is 238 Å². The second-order valence-electron chi connectivity index (χ2n) is 9.34. The molecule has 13 nitrogen and oxygen atoms in total. The Bertz CT molecular complexity index is 1620. The van der Waals surface area contributed by atoms with Crippen LogP contribution in [0.4, 0.5) is 10.5 Å². The number of nitrogens with zero attached hydrogens (tertiary/aromatic N) is 5. The number of rotatable bonds is 9. The van der Waals surface area contributed by atoms with Gasteiger partial charge in [0.25, 0.3) is 5.56 Å². The summed E-state index contributed by atoms with van der Waals surface area (Å²) in [6, 6.07) is 13.1. The molecule has 0 radical (unpaired) electrons. The molecule has 210 valence electrons. The third-order valence-corrected chi connectivity index (χ3v) is 6.79. The molecule has 0 saturated carbocycles. The second-order valence-corrected chi connectivity index (χ2v) is 9.78. The minimum atomic E-state index is -0.595. The van der Waals surface area contributed by atoms with Crippen molar-refractivity contribution < 1.29 is 14.3 Å². The van der Waals surface area contributed by atoms with Gasteiger partial charge in [0.2, 0.25) is 5.91 Å². The minimum Gasteiger partial charge on any atom is -0.453 e. The molecule has 14 heteroatoms. The number of carbonyl (C=O) groups excluding carboxylic acids is 2. The lowest BCUT2D eigenvalue weighted by molar-refractivity contribution is -0.117. The molecule has 0 unspecified atom stereocenters. The van der Waals surface area contributed by atoms with E-state index >= 15 is 0 Å². The van der Waals surface area contributed by atoms with Crippen molar-refractivity contribution in [1.82, 2.24) is 41.0 Å². The molecule has 1 fully saturated rings. The largest absolute Gasteiger partial charge is 0.453 e. The SMILES string of the molecule is COC(=O)Nc1ccc(-c2cc([C@H](CC3CNC3)NC(=O)/C=C/c3cc(Cl)ccc3-n3cnnn3)n[nH]c2=O)cc1. The van der Waals surface area contributed by atoms with E-state index in [4.69, 9.17) is 11.6 Å². The molecule has 0 bridgehead atoms. The van der Waals surface area contributed by atoms with E-state index in [1.165, 1.54) is 24.2 Å². The zero-order valence-corrected chi connectivity index (χ0v) is 22.6. The molecule has 2 aromatic heterocycles. The molecule has 4 aromatic rings. The number of aromatic nitrogens is 6. The van der Waals surface area contributed by atoms with E-state index in [0.29, 0.717) is 51.1 Å². The van der Waals surface area contributed by atoms with E-state index in [2.05, 4.69) is 46.4 Å². The molecule has 1 aliphatic heterocycles. The normalized spacial score (nSPS) is 13.9. The number of nitrogens with one attached hydrogen (secondary N) is 4. The van der Waals surface area contributed by atoms with Gasteiger partial charge >= 0.3 is 6.09 Å². The van der Waals surface area contributed by atoms with Crippen molar-refractivity contribution in [3.05, 3.63) is 87.6 Å². The third-order valence-electron chi connectivity index (χ3n) is 6.56. The smallest absolute Gasteiger partial charge is 0.411 e. The lowest BCUT2D eigenvalue weighted by atomic mass is 9.92. The zero-order valence-electron chi connectivity index (χ0n) is 21.9.